The van der Waals surface area contributed by atoms with Crippen LogP contribution >= 0.6 is 27.5 Å². The number of amides is 1. The van der Waals surface area contributed by atoms with Gasteiger partial charge >= 0.3 is 0 Å². The summed E-state index contributed by atoms with van der Waals surface area (Å²) in [6, 6.07) is 8.53. The van der Waals surface area contributed by atoms with E-state index in [4.69, 9.17) is 11.6 Å². The molecule has 0 aliphatic carbocycles. The number of pyridine rings is 1. The second kappa shape index (κ2) is 5.00. The fourth-order valence-electron chi connectivity index (χ4n) is 2.13. The molecule has 0 bridgehead atoms. The molecule has 1 amide bonds. The number of hydrogen-bond donors (Lipinski definition) is 0. The quantitative estimate of drug-likeness (QED) is 0.781. The van der Waals surface area contributed by atoms with E-state index in [0.29, 0.717) is 22.0 Å². The number of aromatic nitrogens is 1. The highest BCUT2D eigenvalue weighted by Gasteiger charge is 2.35. The third-order valence-electron chi connectivity index (χ3n) is 3.03. The number of halogens is 2. The molecule has 1 aliphatic heterocycles. The normalized spacial score (nSPS) is 13.8. The molecule has 0 spiro atoms. The van der Waals surface area contributed by atoms with Crippen molar-refractivity contribution in [1.82, 2.24) is 4.98 Å². The third-order valence-corrected chi connectivity index (χ3v) is 3.76. The molecule has 0 fully saturated rings. The van der Waals surface area contributed by atoms with Crippen molar-refractivity contribution in [3.63, 3.8) is 0 Å². The summed E-state index contributed by atoms with van der Waals surface area (Å²) >= 11 is 9.20. The van der Waals surface area contributed by atoms with E-state index in [2.05, 4.69) is 20.9 Å². The molecule has 0 saturated heterocycles. The van der Waals surface area contributed by atoms with E-state index in [1.165, 1.54) is 4.90 Å². The van der Waals surface area contributed by atoms with Crippen LogP contribution in [0.4, 0.5) is 5.69 Å². The molecule has 100 valence electrons. The number of ketones is 1. The van der Waals surface area contributed by atoms with Gasteiger partial charge in [-0.25, -0.2) is 0 Å². The Kier molecular flexibility index (Phi) is 3.31. The lowest BCUT2D eigenvalue weighted by atomic mass is 10.1. The molecule has 20 heavy (non-hydrogen) atoms. The molecule has 2 heterocycles. The monoisotopic (exact) mass is 350 g/mol. The maximum atomic E-state index is 12.1. The average molecular weight is 352 g/mol. The first-order valence-electron chi connectivity index (χ1n) is 5.82. The minimum absolute atomic E-state index is 0.222. The second-order valence-corrected chi connectivity index (χ2v) is 5.70. The summed E-state index contributed by atoms with van der Waals surface area (Å²) in [6.07, 6.45) is 1.57. The van der Waals surface area contributed by atoms with E-state index in [9.17, 15) is 9.59 Å². The lowest BCUT2D eigenvalue weighted by Gasteiger charge is -2.16. The first kappa shape index (κ1) is 13.3. The van der Waals surface area contributed by atoms with Crippen LogP contribution in [0.2, 0.25) is 5.02 Å². The predicted octanol–water partition coefficient (Wildman–Crippen LogP) is 3.23. The van der Waals surface area contributed by atoms with Crippen LogP contribution in [0, 0.1) is 0 Å². The number of benzene rings is 1. The Labute approximate surface area is 128 Å². The van der Waals surface area contributed by atoms with Gasteiger partial charge in [-0.05, 0) is 30.3 Å². The average Bonchev–Trinajstić information content (AvgIpc) is 2.64. The largest absolute Gasteiger partial charge is 0.299 e. The first-order chi connectivity index (χ1) is 9.56. The van der Waals surface area contributed by atoms with Gasteiger partial charge in [-0.2, -0.15) is 0 Å². The summed E-state index contributed by atoms with van der Waals surface area (Å²) in [6.45, 7) is 0.222. The van der Waals surface area contributed by atoms with Gasteiger partial charge in [0.2, 0.25) is 0 Å². The summed E-state index contributed by atoms with van der Waals surface area (Å²) in [5.41, 5.74) is 1.64. The molecule has 6 heteroatoms. The molecular formula is C14H8BrClN2O2. The Morgan fingerprint density at radius 1 is 1.20 bits per heavy atom. The van der Waals surface area contributed by atoms with Gasteiger partial charge in [0, 0.05) is 15.7 Å². The van der Waals surface area contributed by atoms with Gasteiger partial charge in [0.1, 0.15) is 0 Å². The lowest BCUT2D eigenvalue weighted by molar-refractivity contribution is -0.114. The number of carbonyl (C=O) groups is 2. The van der Waals surface area contributed by atoms with Crippen molar-refractivity contribution in [1.29, 1.82) is 0 Å². The van der Waals surface area contributed by atoms with Crippen LogP contribution in [0.1, 0.15) is 16.1 Å². The van der Waals surface area contributed by atoms with E-state index in [-0.39, 0.29) is 6.54 Å². The van der Waals surface area contributed by atoms with Crippen LogP contribution in [0.3, 0.4) is 0 Å². The van der Waals surface area contributed by atoms with Crippen LogP contribution in [0.25, 0.3) is 0 Å². The number of hydrogen-bond acceptors (Lipinski definition) is 3. The van der Waals surface area contributed by atoms with Gasteiger partial charge < -0.3 is 0 Å². The fourth-order valence-corrected chi connectivity index (χ4v) is 2.67. The minimum Gasteiger partial charge on any atom is -0.299 e. The van der Waals surface area contributed by atoms with E-state index < -0.39 is 11.7 Å². The molecule has 0 radical (unpaired) electrons. The smallest absolute Gasteiger partial charge is 0.299 e. The molecule has 4 nitrogen and oxygen atoms in total. The summed E-state index contributed by atoms with van der Waals surface area (Å²) in [5, 5.41) is 0.545. The van der Waals surface area contributed by atoms with Crippen LogP contribution in [0.5, 0.6) is 0 Å². The zero-order valence-electron chi connectivity index (χ0n) is 10.1. The van der Waals surface area contributed by atoms with Gasteiger partial charge in [-0.1, -0.05) is 27.5 Å². The van der Waals surface area contributed by atoms with Crippen LogP contribution in [-0.2, 0) is 11.3 Å². The zero-order valence-corrected chi connectivity index (χ0v) is 12.5. The highest BCUT2D eigenvalue weighted by Crippen LogP contribution is 2.32. The third kappa shape index (κ3) is 2.23. The van der Waals surface area contributed by atoms with Crippen molar-refractivity contribution >= 4 is 44.9 Å². The zero-order chi connectivity index (χ0) is 14.3. The molecule has 0 N–H and O–H groups in total. The Bertz CT molecular complexity index is 733. The van der Waals surface area contributed by atoms with Crippen LogP contribution < -0.4 is 4.90 Å². The maximum absolute atomic E-state index is 12.1. The molecule has 1 aromatic heterocycles. The van der Waals surface area contributed by atoms with Crippen LogP contribution in [-0.4, -0.2) is 16.7 Å². The molecule has 0 saturated carbocycles. The summed E-state index contributed by atoms with van der Waals surface area (Å²) in [4.78, 5) is 29.6. The van der Waals surface area contributed by atoms with Crippen molar-refractivity contribution in [2.24, 2.45) is 0 Å². The molecule has 0 atom stereocenters. The number of anilines is 1. The highest BCUT2D eigenvalue weighted by atomic mass is 79.9. The van der Waals surface area contributed by atoms with Crippen LogP contribution in [0.15, 0.2) is 41.0 Å². The van der Waals surface area contributed by atoms with Gasteiger partial charge in [0.05, 0.1) is 23.5 Å². The topological polar surface area (TPSA) is 50.3 Å². The molecule has 1 aliphatic rings. The van der Waals surface area contributed by atoms with E-state index >= 15 is 0 Å². The van der Waals surface area contributed by atoms with E-state index in [0.717, 1.165) is 4.47 Å². The maximum Gasteiger partial charge on any atom is 0.299 e. The minimum atomic E-state index is -0.542. The first-order valence-corrected chi connectivity index (χ1v) is 6.99. The molecular weight excluding hydrogens is 344 g/mol. The molecule has 3 rings (SSSR count). The van der Waals surface area contributed by atoms with Crippen molar-refractivity contribution in [2.75, 3.05) is 4.90 Å². The summed E-state index contributed by atoms with van der Waals surface area (Å²) in [5.74, 6) is -1.04. The number of fused-ring (bicyclic) bond motifs is 1. The standard InChI is InChI=1S/C14H8BrClN2O2/c15-8-1-2-12-11(5-8)13(19)14(20)18(12)7-10-6-9(16)3-4-17-10/h1-6H,7H2. The second-order valence-electron chi connectivity index (χ2n) is 4.35. The van der Waals surface area contributed by atoms with Crippen molar-refractivity contribution < 1.29 is 9.59 Å². The predicted molar refractivity (Wildman–Crippen MR) is 78.9 cm³/mol. The van der Waals surface area contributed by atoms with Gasteiger partial charge in [0.25, 0.3) is 11.7 Å². The fraction of sp³-hybridized carbons (Fsp3) is 0.0714. The van der Waals surface area contributed by atoms with Gasteiger partial charge in [0.15, 0.2) is 0 Å². The number of Topliss-reactive ketones (excluding diaryl/α,β-unsaturated/α-hetero) is 1. The Morgan fingerprint density at radius 3 is 2.75 bits per heavy atom. The summed E-state index contributed by atoms with van der Waals surface area (Å²) in [7, 11) is 0. The SMILES string of the molecule is O=C1C(=O)N(Cc2cc(Cl)ccn2)c2ccc(Br)cc21. The van der Waals surface area contributed by atoms with Gasteiger partial charge in [-0.15, -0.1) is 0 Å². The van der Waals surface area contributed by atoms with Crippen molar-refractivity contribution in [3.05, 3.63) is 57.3 Å². The van der Waals surface area contributed by atoms with E-state index in [1.54, 1.807) is 36.5 Å². The highest BCUT2D eigenvalue weighted by molar-refractivity contribution is 9.10. The molecule has 1 aromatic carbocycles. The van der Waals surface area contributed by atoms with Crippen molar-refractivity contribution in [3.8, 4) is 0 Å². The van der Waals surface area contributed by atoms with Crippen molar-refractivity contribution in [2.45, 2.75) is 6.54 Å². The lowest BCUT2D eigenvalue weighted by Crippen LogP contribution is -2.29. The number of carbonyl (C=O) groups excluding carboxylic acids is 2. The summed E-state index contributed by atoms with van der Waals surface area (Å²) < 4.78 is 0.764. The van der Waals surface area contributed by atoms with E-state index in [1.807, 2.05) is 0 Å². The van der Waals surface area contributed by atoms with Gasteiger partial charge in [-0.3, -0.25) is 19.5 Å². The Balaban J connectivity index is 1.99. The number of rotatable bonds is 2. The Hall–Kier alpha value is -1.72. The Morgan fingerprint density at radius 2 is 2.00 bits per heavy atom. The molecule has 0 unspecified atom stereocenters. The number of nitrogens with zero attached hydrogens (tertiary/aromatic N) is 2. The molecule has 2 aromatic rings.